The lowest BCUT2D eigenvalue weighted by Crippen LogP contribution is -2.33. The summed E-state index contributed by atoms with van der Waals surface area (Å²) in [4.78, 5) is 11.8. The van der Waals surface area contributed by atoms with Crippen LogP contribution in [-0.2, 0) is 4.79 Å². The van der Waals surface area contributed by atoms with Crippen molar-refractivity contribution in [2.45, 2.75) is 71.3 Å². The molecule has 0 aromatic heterocycles. The van der Waals surface area contributed by atoms with Gasteiger partial charge in [0.05, 0.1) is 5.71 Å². The van der Waals surface area contributed by atoms with Gasteiger partial charge < -0.3 is 10.5 Å². The number of amides is 1. The molecule has 1 aliphatic carbocycles. The van der Waals surface area contributed by atoms with Gasteiger partial charge in [0.2, 0.25) is 5.91 Å². The second-order valence-corrected chi connectivity index (χ2v) is 5.31. The third-order valence-corrected chi connectivity index (χ3v) is 3.83. The van der Waals surface area contributed by atoms with Crippen LogP contribution in [-0.4, -0.2) is 22.9 Å². The predicted molar refractivity (Wildman–Crippen MR) is 72.9 cm³/mol. The molecule has 1 rings (SSSR count). The molecule has 0 saturated heterocycles. The Morgan fingerprint density at radius 1 is 1.39 bits per heavy atom. The van der Waals surface area contributed by atoms with Crippen LogP contribution in [0.15, 0.2) is 5.16 Å². The molecule has 1 aliphatic rings. The van der Waals surface area contributed by atoms with E-state index in [1.807, 2.05) is 6.92 Å². The van der Waals surface area contributed by atoms with Crippen LogP contribution >= 0.6 is 0 Å². The molecule has 1 atom stereocenters. The molecule has 0 aromatic rings. The largest absolute Gasteiger partial charge is 0.411 e. The standard InChI is InChI=1S/C14H26N2O2/c1-3-6-12(11(2)16-18)9-10-14(17)15-13-7-4-5-8-13/h12-13,18H,3-10H2,1-2H3,(H,15,17)/b16-11+. The molecule has 1 fully saturated rings. The first-order valence-electron chi connectivity index (χ1n) is 7.15. The predicted octanol–water partition coefficient (Wildman–Crippen LogP) is 3.09. The lowest BCUT2D eigenvalue weighted by atomic mass is 9.93. The Labute approximate surface area is 110 Å². The Morgan fingerprint density at radius 2 is 2.06 bits per heavy atom. The van der Waals surface area contributed by atoms with E-state index in [9.17, 15) is 4.79 Å². The Hall–Kier alpha value is -1.06. The monoisotopic (exact) mass is 254 g/mol. The average molecular weight is 254 g/mol. The quantitative estimate of drug-likeness (QED) is 0.416. The minimum atomic E-state index is 0.147. The highest BCUT2D eigenvalue weighted by molar-refractivity contribution is 5.84. The second kappa shape index (κ2) is 8.11. The van der Waals surface area contributed by atoms with Gasteiger partial charge in [0.15, 0.2) is 0 Å². The molecule has 0 bridgehead atoms. The fourth-order valence-corrected chi connectivity index (χ4v) is 2.67. The van der Waals surface area contributed by atoms with E-state index >= 15 is 0 Å². The molecule has 0 aromatic carbocycles. The minimum absolute atomic E-state index is 0.147. The molecule has 2 N–H and O–H groups in total. The Bertz CT molecular complexity index is 284. The first kappa shape index (κ1) is 15.0. The summed E-state index contributed by atoms with van der Waals surface area (Å²) in [5.74, 6) is 0.378. The molecule has 1 amide bonds. The molecule has 0 heterocycles. The van der Waals surface area contributed by atoms with Crippen LogP contribution in [0, 0.1) is 5.92 Å². The van der Waals surface area contributed by atoms with E-state index in [0.717, 1.165) is 37.8 Å². The summed E-state index contributed by atoms with van der Waals surface area (Å²) in [6.45, 7) is 3.94. The van der Waals surface area contributed by atoms with Gasteiger partial charge in [-0.25, -0.2) is 0 Å². The topological polar surface area (TPSA) is 61.7 Å². The zero-order valence-corrected chi connectivity index (χ0v) is 11.6. The number of nitrogens with zero attached hydrogens (tertiary/aromatic N) is 1. The van der Waals surface area contributed by atoms with Gasteiger partial charge in [-0.3, -0.25) is 4.79 Å². The summed E-state index contributed by atoms with van der Waals surface area (Å²) < 4.78 is 0. The van der Waals surface area contributed by atoms with Gasteiger partial charge in [-0.1, -0.05) is 31.3 Å². The fraction of sp³-hybridized carbons (Fsp3) is 0.857. The highest BCUT2D eigenvalue weighted by Gasteiger charge is 2.18. The van der Waals surface area contributed by atoms with Gasteiger partial charge in [-0.15, -0.1) is 0 Å². The van der Waals surface area contributed by atoms with Gasteiger partial charge in [-0.05, 0) is 32.6 Å². The maximum absolute atomic E-state index is 11.8. The third kappa shape index (κ3) is 5.07. The lowest BCUT2D eigenvalue weighted by Gasteiger charge is -2.16. The van der Waals surface area contributed by atoms with E-state index in [4.69, 9.17) is 5.21 Å². The summed E-state index contributed by atoms with van der Waals surface area (Å²) in [5.41, 5.74) is 0.741. The number of carbonyl (C=O) groups is 1. The minimum Gasteiger partial charge on any atom is -0.411 e. The van der Waals surface area contributed by atoms with Crippen molar-refractivity contribution in [1.82, 2.24) is 5.32 Å². The van der Waals surface area contributed by atoms with Crippen molar-refractivity contribution < 1.29 is 10.0 Å². The molecule has 18 heavy (non-hydrogen) atoms. The number of hydrogen-bond donors (Lipinski definition) is 2. The van der Waals surface area contributed by atoms with Crippen LogP contribution in [0.25, 0.3) is 0 Å². The first-order chi connectivity index (χ1) is 8.67. The number of rotatable bonds is 7. The van der Waals surface area contributed by atoms with Gasteiger partial charge >= 0.3 is 0 Å². The van der Waals surface area contributed by atoms with E-state index < -0.39 is 0 Å². The zero-order chi connectivity index (χ0) is 13.4. The van der Waals surface area contributed by atoms with Crippen molar-refractivity contribution in [3.05, 3.63) is 0 Å². The van der Waals surface area contributed by atoms with Crippen molar-refractivity contribution in [3.63, 3.8) is 0 Å². The van der Waals surface area contributed by atoms with Crippen molar-refractivity contribution in [2.75, 3.05) is 0 Å². The molecule has 1 saturated carbocycles. The van der Waals surface area contributed by atoms with E-state index in [2.05, 4.69) is 17.4 Å². The van der Waals surface area contributed by atoms with Gasteiger partial charge in [0.1, 0.15) is 0 Å². The van der Waals surface area contributed by atoms with Crippen LogP contribution in [0.1, 0.15) is 65.2 Å². The van der Waals surface area contributed by atoms with Crippen LogP contribution < -0.4 is 5.32 Å². The molecule has 4 nitrogen and oxygen atoms in total. The van der Waals surface area contributed by atoms with E-state index in [1.165, 1.54) is 12.8 Å². The molecule has 104 valence electrons. The maximum Gasteiger partial charge on any atom is 0.220 e. The molecule has 0 radical (unpaired) electrons. The van der Waals surface area contributed by atoms with Crippen LogP contribution in [0.2, 0.25) is 0 Å². The first-order valence-corrected chi connectivity index (χ1v) is 7.15. The summed E-state index contributed by atoms with van der Waals surface area (Å²) in [5, 5.41) is 15.2. The van der Waals surface area contributed by atoms with Crippen molar-refractivity contribution in [1.29, 1.82) is 0 Å². The molecular formula is C14H26N2O2. The number of nitrogens with one attached hydrogen (secondary N) is 1. The summed E-state index contributed by atoms with van der Waals surface area (Å²) in [6, 6.07) is 0.398. The lowest BCUT2D eigenvalue weighted by molar-refractivity contribution is -0.122. The van der Waals surface area contributed by atoms with Crippen LogP contribution in [0.4, 0.5) is 0 Å². The number of hydrogen-bond acceptors (Lipinski definition) is 3. The van der Waals surface area contributed by atoms with Crippen molar-refractivity contribution in [2.24, 2.45) is 11.1 Å². The molecule has 1 unspecified atom stereocenters. The smallest absolute Gasteiger partial charge is 0.220 e. The van der Waals surface area contributed by atoms with Crippen molar-refractivity contribution in [3.8, 4) is 0 Å². The Kier molecular flexibility index (Phi) is 6.76. The van der Waals surface area contributed by atoms with Gasteiger partial charge in [0.25, 0.3) is 0 Å². The summed E-state index contributed by atoms with van der Waals surface area (Å²) >= 11 is 0. The van der Waals surface area contributed by atoms with E-state index in [1.54, 1.807) is 0 Å². The van der Waals surface area contributed by atoms with E-state index in [0.29, 0.717) is 12.5 Å². The zero-order valence-electron chi connectivity index (χ0n) is 11.6. The average Bonchev–Trinajstić information content (AvgIpc) is 2.86. The molecule has 0 aliphatic heterocycles. The van der Waals surface area contributed by atoms with Crippen LogP contribution in [0.3, 0.4) is 0 Å². The van der Waals surface area contributed by atoms with Crippen molar-refractivity contribution >= 4 is 11.6 Å². The summed E-state index contributed by atoms with van der Waals surface area (Å²) in [6.07, 6.45) is 8.06. The number of oxime groups is 1. The highest BCUT2D eigenvalue weighted by Crippen LogP contribution is 2.19. The fourth-order valence-electron chi connectivity index (χ4n) is 2.67. The normalized spacial score (nSPS) is 18.9. The number of carbonyl (C=O) groups excluding carboxylic acids is 1. The second-order valence-electron chi connectivity index (χ2n) is 5.31. The highest BCUT2D eigenvalue weighted by atomic mass is 16.4. The molecular weight excluding hydrogens is 228 g/mol. The van der Waals surface area contributed by atoms with E-state index in [-0.39, 0.29) is 11.8 Å². The molecule has 0 spiro atoms. The molecule has 4 heteroatoms. The maximum atomic E-state index is 11.8. The van der Waals surface area contributed by atoms with Gasteiger partial charge in [0, 0.05) is 18.4 Å². The third-order valence-electron chi connectivity index (χ3n) is 3.83. The Balaban J connectivity index is 2.29. The van der Waals surface area contributed by atoms with Gasteiger partial charge in [-0.2, -0.15) is 0 Å². The summed E-state index contributed by atoms with van der Waals surface area (Å²) in [7, 11) is 0. The SMILES string of the molecule is CCCC(CCC(=O)NC1CCCC1)/C(C)=N/O. The van der Waals surface area contributed by atoms with Crippen LogP contribution in [0.5, 0.6) is 0 Å². The Morgan fingerprint density at radius 3 is 2.61 bits per heavy atom.